The second-order valence-electron chi connectivity index (χ2n) is 5.87. The van der Waals surface area contributed by atoms with Gasteiger partial charge in [-0.05, 0) is 32.4 Å². The molecule has 0 radical (unpaired) electrons. The van der Waals surface area contributed by atoms with Gasteiger partial charge in [0, 0.05) is 24.8 Å². The number of piperidine rings is 1. The molecule has 1 aliphatic rings. The van der Waals surface area contributed by atoms with E-state index in [-0.39, 0.29) is 6.04 Å². The van der Waals surface area contributed by atoms with Crippen LogP contribution in [0.3, 0.4) is 0 Å². The first kappa shape index (κ1) is 13.6. The van der Waals surface area contributed by atoms with Gasteiger partial charge in [-0.1, -0.05) is 20.3 Å². The van der Waals surface area contributed by atoms with Crippen LogP contribution in [0.4, 0.5) is 0 Å². The molecule has 102 valence electrons. The van der Waals surface area contributed by atoms with Gasteiger partial charge in [0.05, 0.1) is 12.0 Å². The fourth-order valence-electron chi connectivity index (χ4n) is 2.70. The average Bonchev–Trinajstić information content (AvgIpc) is 2.79. The van der Waals surface area contributed by atoms with Gasteiger partial charge in [-0.2, -0.15) is 0 Å². The van der Waals surface area contributed by atoms with E-state index in [2.05, 4.69) is 35.3 Å². The van der Waals surface area contributed by atoms with Gasteiger partial charge in [-0.25, -0.2) is 4.98 Å². The van der Waals surface area contributed by atoms with Crippen molar-refractivity contribution >= 4 is 0 Å². The third-order valence-electron chi connectivity index (χ3n) is 4.13. The topological polar surface area (TPSA) is 47.1 Å². The van der Waals surface area contributed by atoms with Gasteiger partial charge >= 0.3 is 0 Å². The van der Waals surface area contributed by atoms with Crippen molar-refractivity contribution in [3.8, 4) is 0 Å². The highest BCUT2D eigenvalue weighted by Crippen LogP contribution is 2.21. The Balaban J connectivity index is 2.07. The van der Waals surface area contributed by atoms with Gasteiger partial charge in [-0.15, -0.1) is 0 Å². The predicted molar refractivity (Wildman–Crippen MR) is 74.3 cm³/mol. The van der Waals surface area contributed by atoms with E-state index in [9.17, 15) is 0 Å². The third kappa shape index (κ3) is 2.93. The molecule has 0 saturated carbocycles. The van der Waals surface area contributed by atoms with E-state index in [1.807, 2.05) is 12.5 Å². The van der Waals surface area contributed by atoms with Crippen molar-refractivity contribution in [3.63, 3.8) is 0 Å². The fraction of sp³-hybridized carbons (Fsp3) is 0.786. The quantitative estimate of drug-likeness (QED) is 0.889. The first-order valence-electron chi connectivity index (χ1n) is 7.05. The zero-order chi connectivity index (χ0) is 13.1. The summed E-state index contributed by atoms with van der Waals surface area (Å²) in [7, 11) is 2.23. The standard InChI is InChI=1S/C14H26N4/c1-11(2)14(15)13-8-16-10-18(13)9-12-6-4-5-7-17(12)3/h8,10-12,14H,4-7,9,15H2,1-3H3. The van der Waals surface area contributed by atoms with E-state index in [0.717, 1.165) is 6.54 Å². The Labute approximate surface area is 110 Å². The number of likely N-dealkylation sites (N-methyl/N-ethyl adjacent to an activating group) is 1. The first-order valence-corrected chi connectivity index (χ1v) is 7.05. The molecule has 1 saturated heterocycles. The summed E-state index contributed by atoms with van der Waals surface area (Å²) >= 11 is 0. The van der Waals surface area contributed by atoms with Crippen molar-refractivity contribution in [1.82, 2.24) is 14.5 Å². The van der Waals surface area contributed by atoms with Crippen LogP contribution < -0.4 is 5.73 Å². The molecule has 1 fully saturated rings. The van der Waals surface area contributed by atoms with E-state index in [1.165, 1.54) is 31.5 Å². The van der Waals surface area contributed by atoms with Crippen molar-refractivity contribution in [2.75, 3.05) is 13.6 Å². The summed E-state index contributed by atoms with van der Waals surface area (Å²) in [6.07, 6.45) is 7.81. The SMILES string of the molecule is CC(C)C(N)c1cncn1CC1CCCCN1C. The van der Waals surface area contributed by atoms with Crippen molar-refractivity contribution in [2.24, 2.45) is 11.7 Å². The number of hydrogen-bond acceptors (Lipinski definition) is 3. The molecule has 4 heteroatoms. The van der Waals surface area contributed by atoms with Gasteiger partial charge in [0.25, 0.3) is 0 Å². The molecule has 1 aromatic rings. The molecule has 0 spiro atoms. The van der Waals surface area contributed by atoms with Crippen LogP contribution >= 0.6 is 0 Å². The Kier molecular flexibility index (Phi) is 4.40. The largest absolute Gasteiger partial charge is 0.332 e. The number of hydrogen-bond donors (Lipinski definition) is 1. The second kappa shape index (κ2) is 5.85. The van der Waals surface area contributed by atoms with Crippen LogP contribution in [-0.2, 0) is 6.54 Å². The highest BCUT2D eigenvalue weighted by atomic mass is 15.2. The minimum absolute atomic E-state index is 0.0846. The van der Waals surface area contributed by atoms with Gasteiger partial charge < -0.3 is 15.2 Å². The van der Waals surface area contributed by atoms with Crippen LogP contribution in [0.5, 0.6) is 0 Å². The summed E-state index contributed by atoms with van der Waals surface area (Å²) in [4.78, 5) is 6.75. The number of imidazole rings is 1. The number of likely N-dealkylation sites (tertiary alicyclic amines) is 1. The zero-order valence-electron chi connectivity index (χ0n) is 11.8. The molecule has 0 bridgehead atoms. The molecule has 4 nitrogen and oxygen atoms in total. The molecule has 2 N–H and O–H groups in total. The minimum atomic E-state index is 0.0846. The fourth-order valence-corrected chi connectivity index (χ4v) is 2.70. The number of aromatic nitrogens is 2. The molecule has 2 atom stereocenters. The maximum atomic E-state index is 6.25. The summed E-state index contributed by atoms with van der Waals surface area (Å²) in [6.45, 7) is 6.56. The molecule has 0 amide bonds. The Hall–Kier alpha value is -0.870. The summed E-state index contributed by atoms with van der Waals surface area (Å²) in [5.74, 6) is 0.449. The van der Waals surface area contributed by atoms with Crippen LogP contribution in [0.2, 0.25) is 0 Å². The number of nitrogens with zero attached hydrogens (tertiary/aromatic N) is 3. The Morgan fingerprint density at radius 1 is 1.44 bits per heavy atom. The van der Waals surface area contributed by atoms with E-state index >= 15 is 0 Å². The van der Waals surface area contributed by atoms with Crippen LogP contribution in [-0.4, -0.2) is 34.1 Å². The first-order chi connectivity index (χ1) is 8.59. The minimum Gasteiger partial charge on any atom is -0.332 e. The average molecular weight is 250 g/mol. The zero-order valence-corrected chi connectivity index (χ0v) is 11.8. The van der Waals surface area contributed by atoms with Crippen molar-refractivity contribution in [2.45, 2.75) is 51.7 Å². The normalized spacial score (nSPS) is 23.5. The molecular formula is C14H26N4. The van der Waals surface area contributed by atoms with E-state index < -0.39 is 0 Å². The third-order valence-corrected chi connectivity index (χ3v) is 4.13. The van der Waals surface area contributed by atoms with Crippen molar-refractivity contribution in [1.29, 1.82) is 0 Å². The molecule has 0 aromatic carbocycles. The summed E-state index contributed by atoms with van der Waals surface area (Å²) in [6, 6.07) is 0.715. The van der Waals surface area contributed by atoms with Gasteiger partial charge in [0.2, 0.25) is 0 Å². The van der Waals surface area contributed by atoms with E-state index in [4.69, 9.17) is 5.73 Å². The van der Waals surface area contributed by atoms with Crippen LogP contribution in [0.1, 0.15) is 44.8 Å². The lowest BCUT2D eigenvalue weighted by molar-refractivity contribution is 0.165. The molecule has 2 rings (SSSR count). The van der Waals surface area contributed by atoms with Crippen molar-refractivity contribution < 1.29 is 0 Å². The lowest BCUT2D eigenvalue weighted by atomic mass is 10.0. The van der Waals surface area contributed by atoms with Crippen LogP contribution in [0.25, 0.3) is 0 Å². The molecule has 1 aromatic heterocycles. The van der Waals surface area contributed by atoms with Crippen molar-refractivity contribution in [3.05, 3.63) is 18.2 Å². The molecule has 1 aliphatic heterocycles. The Morgan fingerprint density at radius 3 is 2.89 bits per heavy atom. The molecule has 18 heavy (non-hydrogen) atoms. The molecular weight excluding hydrogens is 224 g/mol. The summed E-state index contributed by atoms with van der Waals surface area (Å²) in [5.41, 5.74) is 7.42. The maximum Gasteiger partial charge on any atom is 0.0949 e. The van der Waals surface area contributed by atoms with Crippen LogP contribution in [0, 0.1) is 5.92 Å². The van der Waals surface area contributed by atoms with E-state index in [1.54, 1.807) is 0 Å². The van der Waals surface area contributed by atoms with Gasteiger partial charge in [-0.3, -0.25) is 0 Å². The lowest BCUT2D eigenvalue weighted by Crippen LogP contribution is -2.39. The molecule has 0 aliphatic carbocycles. The monoisotopic (exact) mass is 250 g/mol. The maximum absolute atomic E-state index is 6.25. The second-order valence-corrected chi connectivity index (χ2v) is 5.87. The highest BCUT2D eigenvalue weighted by Gasteiger charge is 2.22. The smallest absolute Gasteiger partial charge is 0.0949 e. The Morgan fingerprint density at radius 2 is 2.22 bits per heavy atom. The Bertz CT molecular complexity index is 372. The lowest BCUT2D eigenvalue weighted by Gasteiger charge is -2.33. The highest BCUT2D eigenvalue weighted by molar-refractivity contribution is 5.06. The van der Waals surface area contributed by atoms with Gasteiger partial charge in [0.1, 0.15) is 0 Å². The predicted octanol–water partition coefficient (Wildman–Crippen LogP) is 2.02. The van der Waals surface area contributed by atoms with Crippen LogP contribution in [0.15, 0.2) is 12.5 Å². The number of nitrogens with two attached hydrogens (primary N) is 1. The summed E-state index contributed by atoms with van der Waals surface area (Å²) < 4.78 is 2.25. The summed E-state index contributed by atoms with van der Waals surface area (Å²) in [5, 5.41) is 0. The van der Waals surface area contributed by atoms with Gasteiger partial charge in [0.15, 0.2) is 0 Å². The van der Waals surface area contributed by atoms with E-state index in [0.29, 0.717) is 12.0 Å². The molecule has 2 heterocycles. The number of rotatable bonds is 4. The molecule has 2 unspecified atom stereocenters.